The predicted octanol–water partition coefficient (Wildman–Crippen LogP) is 19.3. The Morgan fingerprint density at radius 2 is 1.19 bits per heavy atom. The lowest BCUT2D eigenvalue weighted by Crippen LogP contribution is -2.39. The number of nitrogens with zero attached hydrogens (tertiary/aromatic N) is 1. The van der Waals surface area contributed by atoms with Crippen molar-refractivity contribution < 1.29 is 4.79 Å². The fraction of sp³-hybridized carbons (Fsp3) is 0.742. The molecule has 2 saturated carbocycles. The summed E-state index contributed by atoms with van der Waals surface area (Å²) < 4.78 is 0. The lowest BCUT2D eigenvalue weighted by atomic mass is 9.97. The van der Waals surface area contributed by atoms with Gasteiger partial charge in [0.1, 0.15) is 0 Å². The molecule has 4 N–H and O–H groups in total. The van der Waals surface area contributed by atoms with Crippen LogP contribution in [0.1, 0.15) is 244 Å². The molecule has 6 heteroatoms. The summed E-state index contributed by atoms with van der Waals surface area (Å²) in [7, 11) is 1.82. The second-order valence-corrected chi connectivity index (χ2v) is 17.4. The van der Waals surface area contributed by atoms with Gasteiger partial charge in [-0.25, -0.2) is 0 Å². The van der Waals surface area contributed by atoms with Crippen molar-refractivity contribution in [2.24, 2.45) is 35.5 Å². The Morgan fingerprint density at radius 1 is 0.750 bits per heavy atom. The number of rotatable bonds is 23. The molecule has 3 rings (SSSR count). The van der Waals surface area contributed by atoms with Gasteiger partial charge in [0.05, 0.1) is 17.9 Å². The minimum absolute atomic E-state index is 0.0255. The average molecular weight is 1010 g/mol. The summed E-state index contributed by atoms with van der Waals surface area (Å²) >= 11 is 0. The normalized spacial score (nSPS) is 18.6. The van der Waals surface area contributed by atoms with Crippen molar-refractivity contribution in [1.29, 1.82) is 0 Å². The summed E-state index contributed by atoms with van der Waals surface area (Å²) in [5, 5.41) is 13.6. The molecule has 430 valence electrons. The topological polar surface area (TPSA) is 68.4 Å². The molecule has 1 aliphatic heterocycles. The van der Waals surface area contributed by atoms with Crippen LogP contribution < -0.4 is 21.3 Å². The van der Waals surface area contributed by atoms with Gasteiger partial charge in [0, 0.05) is 43.0 Å². The van der Waals surface area contributed by atoms with Gasteiger partial charge in [0.15, 0.2) is 5.78 Å². The first kappa shape index (κ1) is 88.2. The molecule has 0 radical (unpaired) electrons. The maximum atomic E-state index is 11.4. The molecule has 0 aromatic rings. The number of ketones is 1. The zero-order valence-corrected chi connectivity index (χ0v) is 54.0. The Bertz CT molecular complexity index is 1270. The maximum Gasteiger partial charge on any atom is 0.174 e. The highest BCUT2D eigenvalue weighted by Crippen LogP contribution is 2.52. The van der Waals surface area contributed by atoms with Crippen molar-refractivity contribution in [3.05, 3.63) is 86.6 Å². The lowest BCUT2D eigenvalue weighted by molar-refractivity contribution is -0.117. The number of fused-ring (bicyclic) bond motifs is 1. The van der Waals surface area contributed by atoms with Crippen LogP contribution in [0.2, 0.25) is 0 Å². The van der Waals surface area contributed by atoms with E-state index in [4.69, 9.17) is 0 Å². The zero-order valence-electron chi connectivity index (χ0n) is 54.0. The van der Waals surface area contributed by atoms with E-state index in [0.717, 1.165) is 87.3 Å². The van der Waals surface area contributed by atoms with Crippen LogP contribution in [0, 0.1) is 47.9 Å². The van der Waals surface area contributed by atoms with Gasteiger partial charge in [-0.05, 0) is 121 Å². The van der Waals surface area contributed by atoms with Gasteiger partial charge in [-0.2, -0.15) is 0 Å². The standard InChI is InChI=1S/C26H46N4.C10H19NO.C10H16.C3H8.C3H4.7C2H6/c1-10-19(6)28-20(7)11-12-25(17(2)3)29-22(9)27-14-13-21(8)30-16-23-15-24(23)26(30)18(4)5;1-5-6-7-9(11-4)10(12)8(2)3;1-4-9-6-8(3)7-10(9)5-2;2*1-3-2;7*1-2/h17,19,23-29H,4,7-16H2,1-3,5-6H3;9,11H,2,5-7H2,1,3-4H3;4-5,8-10H,1-2,6-7H2,3H3;3H2,1-2H3;1H,2H3;7*1-2H3/t19?,23-,24-,25?,26?;;;;;;;;;;;/m0.........../s1. The van der Waals surface area contributed by atoms with Gasteiger partial charge in [-0.3, -0.25) is 4.79 Å². The van der Waals surface area contributed by atoms with Gasteiger partial charge in [-0.1, -0.05) is 215 Å². The van der Waals surface area contributed by atoms with Crippen LogP contribution in [0.15, 0.2) is 86.6 Å². The molecule has 0 amide bonds. The molecule has 6 nitrogen and oxygen atoms in total. The van der Waals surface area contributed by atoms with Crippen molar-refractivity contribution in [2.45, 2.75) is 268 Å². The van der Waals surface area contributed by atoms with E-state index in [2.05, 4.69) is 159 Å². The fourth-order valence-corrected chi connectivity index (χ4v) is 7.65. The minimum Gasteiger partial charge on any atom is -0.386 e. The third-order valence-electron chi connectivity index (χ3n) is 11.2. The highest BCUT2D eigenvalue weighted by Gasteiger charge is 2.52. The van der Waals surface area contributed by atoms with Crippen molar-refractivity contribution in [3.63, 3.8) is 0 Å². The summed E-state index contributed by atoms with van der Waals surface area (Å²) in [5.41, 5.74) is 4.28. The number of hydrogen-bond acceptors (Lipinski definition) is 6. The van der Waals surface area contributed by atoms with Crippen molar-refractivity contribution in [2.75, 3.05) is 20.1 Å². The van der Waals surface area contributed by atoms with Gasteiger partial charge < -0.3 is 26.2 Å². The largest absolute Gasteiger partial charge is 0.386 e. The molecule has 1 heterocycles. The van der Waals surface area contributed by atoms with E-state index in [0.29, 0.717) is 41.5 Å². The minimum atomic E-state index is -0.0255. The highest BCUT2D eigenvalue weighted by atomic mass is 16.1. The molecule has 72 heavy (non-hydrogen) atoms. The number of hydrogen-bond donors (Lipinski definition) is 4. The van der Waals surface area contributed by atoms with Crippen LogP contribution >= 0.6 is 0 Å². The van der Waals surface area contributed by atoms with Crippen molar-refractivity contribution in [3.8, 4) is 12.3 Å². The van der Waals surface area contributed by atoms with Gasteiger partial charge in [0.2, 0.25) is 0 Å². The summed E-state index contributed by atoms with van der Waals surface area (Å²) in [4.78, 5) is 13.9. The first-order valence-corrected chi connectivity index (χ1v) is 29.6. The molecule has 0 aromatic heterocycles. The molecule has 6 unspecified atom stereocenters. The van der Waals surface area contributed by atoms with Crippen LogP contribution in [0.25, 0.3) is 0 Å². The lowest BCUT2D eigenvalue weighted by Gasteiger charge is -2.32. The number of piperidine rings is 1. The monoisotopic (exact) mass is 1010 g/mol. The Labute approximate surface area is 457 Å². The first-order chi connectivity index (χ1) is 34.4. The van der Waals surface area contributed by atoms with Crippen molar-refractivity contribution >= 4 is 5.78 Å². The molecular formula is C66H135N5O. The molecule has 8 atom stereocenters. The Balaban J connectivity index is -0.000000112. The van der Waals surface area contributed by atoms with Gasteiger partial charge >= 0.3 is 0 Å². The molecule has 0 spiro atoms. The number of allylic oxidation sites excluding steroid dienone is 3. The highest BCUT2D eigenvalue weighted by molar-refractivity contribution is 5.98. The third-order valence-corrected chi connectivity index (χ3v) is 11.2. The SMILES string of the molecule is C#CC.C=C(C)C(=O)C(CCCC)NC.C=C(CCC(NC(=C)NCCC(=C)N1C[C@@H]2C[C@@H]2C1C(=C)C)C(C)C)NC(C)CC.C=CC1CC(C)CC1C=C.CC.CC.CC.CC.CC.CC.CC.CCC. The van der Waals surface area contributed by atoms with Crippen LogP contribution in [-0.2, 0) is 4.79 Å². The van der Waals surface area contributed by atoms with Crippen molar-refractivity contribution in [1.82, 2.24) is 26.2 Å². The van der Waals surface area contributed by atoms with E-state index in [-0.39, 0.29) is 11.8 Å². The van der Waals surface area contributed by atoms with E-state index in [9.17, 15) is 4.79 Å². The summed E-state index contributed by atoms with van der Waals surface area (Å²) in [6.07, 6.45) is 21.2. The number of terminal acetylenes is 1. The molecule has 3 fully saturated rings. The van der Waals surface area contributed by atoms with E-state index in [1.165, 1.54) is 37.0 Å². The summed E-state index contributed by atoms with van der Waals surface area (Å²) in [6.45, 7) is 81.5. The molecule has 3 aliphatic rings. The molecule has 1 saturated heterocycles. The van der Waals surface area contributed by atoms with Crippen LogP contribution in [0.3, 0.4) is 0 Å². The van der Waals surface area contributed by atoms with Crippen LogP contribution in [0.4, 0.5) is 0 Å². The predicted molar refractivity (Wildman–Crippen MR) is 339 cm³/mol. The third kappa shape index (κ3) is 47.6. The molecular weight excluding hydrogens is 879 g/mol. The van der Waals surface area contributed by atoms with E-state index in [1.807, 2.05) is 104 Å². The smallest absolute Gasteiger partial charge is 0.174 e. The Hall–Kier alpha value is -3.43. The fourth-order valence-electron chi connectivity index (χ4n) is 7.65. The molecule has 0 bridgehead atoms. The number of nitrogens with one attached hydrogen (secondary N) is 4. The summed E-state index contributed by atoms with van der Waals surface area (Å²) in [5.74, 6) is 7.78. The second kappa shape index (κ2) is 65.6. The average Bonchev–Trinajstić information content (AvgIpc) is 3.89. The van der Waals surface area contributed by atoms with Gasteiger partial charge in [0.25, 0.3) is 0 Å². The molecule has 0 aromatic carbocycles. The van der Waals surface area contributed by atoms with Gasteiger partial charge in [-0.15, -0.1) is 25.5 Å². The number of likely N-dealkylation sites (tertiary alicyclic amines) is 1. The van der Waals surface area contributed by atoms with Crippen LogP contribution in [-0.4, -0.2) is 55.0 Å². The maximum absolute atomic E-state index is 11.4. The quantitative estimate of drug-likeness (QED) is 0.0465. The Kier molecular flexibility index (Phi) is 80.4. The summed E-state index contributed by atoms with van der Waals surface area (Å²) in [6, 6.07) is 1.34. The first-order valence-electron chi connectivity index (χ1n) is 29.6. The van der Waals surface area contributed by atoms with E-state index in [1.54, 1.807) is 13.8 Å². The van der Waals surface area contributed by atoms with Crippen LogP contribution in [0.5, 0.6) is 0 Å². The Morgan fingerprint density at radius 3 is 1.54 bits per heavy atom. The zero-order chi connectivity index (χ0) is 59.0. The van der Waals surface area contributed by atoms with E-state index < -0.39 is 0 Å². The molecule has 2 aliphatic carbocycles. The second-order valence-electron chi connectivity index (χ2n) is 17.4. The van der Waals surface area contributed by atoms with E-state index >= 15 is 0 Å². The number of Topliss-reactive ketones (excluding diaryl/α,β-unsaturated/α-hetero) is 1. The number of carbonyl (C=O) groups excluding carboxylic acids is 1. The number of unbranched alkanes of at least 4 members (excludes halogenated alkanes) is 1. The number of likely N-dealkylation sites (N-methyl/N-ethyl adjacent to an activating group) is 1. The number of carbonyl (C=O) groups is 1.